The van der Waals surface area contributed by atoms with Gasteiger partial charge < -0.3 is 19.3 Å². The van der Waals surface area contributed by atoms with Crippen molar-refractivity contribution in [3.05, 3.63) is 52.3 Å². The molecule has 0 aromatic heterocycles. The summed E-state index contributed by atoms with van der Waals surface area (Å²) in [7, 11) is 0. The van der Waals surface area contributed by atoms with Gasteiger partial charge in [0.1, 0.15) is 18.2 Å². The van der Waals surface area contributed by atoms with Gasteiger partial charge in [0, 0.05) is 22.2 Å². The Kier molecular flexibility index (Phi) is 3.86. The van der Waals surface area contributed by atoms with E-state index in [4.69, 9.17) is 25.8 Å². The molecular formula is C15H12ClFO4. The van der Waals surface area contributed by atoms with Crippen LogP contribution in [0.3, 0.4) is 0 Å². The van der Waals surface area contributed by atoms with E-state index < -0.39 is 5.82 Å². The van der Waals surface area contributed by atoms with Crippen LogP contribution in [0.2, 0.25) is 5.02 Å². The summed E-state index contributed by atoms with van der Waals surface area (Å²) >= 11 is 5.70. The number of hydrogen-bond acceptors (Lipinski definition) is 4. The van der Waals surface area contributed by atoms with Gasteiger partial charge >= 0.3 is 0 Å². The van der Waals surface area contributed by atoms with E-state index in [0.717, 1.165) is 0 Å². The van der Waals surface area contributed by atoms with E-state index in [1.165, 1.54) is 6.07 Å². The molecule has 21 heavy (non-hydrogen) atoms. The van der Waals surface area contributed by atoms with E-state index in [1.807, 2.05) is 0 Å². The molecule has 110 valence electrons. The highest BCUT2D eigenvalue weighted by molar-refractivity contribution is 6.30. The monoisotopic (exact) mass is 310 g/mol. The molecule has 0 fully saturated rings. The first-order valence-electron chi connectivity index (χ1n) is 6.27. The number of aliphatic hydroxyl groups is 1. The Bertz CT molecular complexity index is 675. The van der Waals surface area contributed by atoms with Crippen molar-refractivity contribution >= 4 is 11.6 Å². The third kappa shape index (κ3) is 2.89. The summed E-state index contributed by atoms with van der Waals surface area (Å²) in [6, 6.07) is 7.66. The van der Waals surface area contributed by atoms with Crippen molar-refractivity contribution in [2.45, 2.75) is 13.2 Å². The second-order valence-corrected chi connectivity index (χ2v) is 4.93. The lowest BCUT2D eigenvalue weighted by molar-refractivity contribution is 0.173. The zero-order valence-electron chi connectivity index (χ0n) is 10.9. The summed E-state index contributed by atoms with van der Waals surface area (Å²) in [6.07, 6.45) is 0. The molecule has 1 N–H and O–H groups in total. The van der Waals surface area contributed by atoms with Crippen molar-refractivity contribution in [2.24, 2.45) is 0 Å². The van der Waals surface area contributed by atoms with E-state index in [-0.39, 0.29) is 20.0 Å². The SMILES string of the molecule is OCc1cc2c(cc1OCc1ccc(Cl)cc1F)OCO2. The lowest BCUT2D eigenvalue weighted by Gasteiger charge is -2.12. The lowest BCUT2D eigenvalue weighted by Crippen LogP contribution is -2.01. The minimum atomic E-state index is -0.436. The second-order valence-electron chi connectivity index (χ2n) is 4.50. The Balaban J connectivity index is 1.81. The van der Waals surface area contributed by atoms with E-state index >= 15 is 0 Å². The van der Waals surface area contributed by atoms with Gasteiger partial charge in [0.2, 0.25) is 6.79 Å². The molecular weight excluding hydrogens is 299 g/mol. The fourth-order valence-corrected chi connectivity index (χ4v) is 2.18. The quantitative estimate of drug-likeness (QED) is 0.941. The molecule has 0 spiro atoms. The van der Waals surface area contributed by atoms with Crippen LogP contribution in [-0.2, 0) is 13.2 Å². The number of benzene rings is 2. The van der Waals surface area contributed by atoms with Gasteiger partial charge in [-0.2, -0.15) is 0 Å². The van der Waals surface area contributed by atoms with Crippen LogP contribution in [0.5, 0.6) is 17.2 Å². The molecule has 1 aliphatic heterocycles. The summed E-state index contributed by atoms with van der Waals surface area (Å²) in [6.45, 7) is -0.0554. The van der Waals surface area contributed by atoms with Gasteiger partial charge in [0.05, 0.1) is 6.61 Å². The topological polar surface area (TPSA) is 47.9 Å². The van der Waals surface area contributed by atoms with Crippen molar-refractivity contribution in [1.29, 1.82) is 0 Å². The highest BCUT2D eigenvalue weighted by Gasteiger charge is 2.18. The molecule has 0 saturated carbocycles. The predicted molar refractivity (Wildman–Crippen MR) is 74.2 cm³/mol. The average molecular weight is 311 g/mol. The van der Waals surface area contributed by atoms with Gasteiger partial charge in [-0.05, 0) is 18.2 Å². The van der Waals surface area contributed by atoms with Crippen LogP contribution in [0.25, 0.3) is 0 Å². The summed E-state index contributed by atoms with van der Waals surface area (Å²) in [5, 5.41) is 9.70. The largest absolute Gasteiger partial charge is 0.488 e. The highest BCUT2D eigenvalue weighted by atomic mass is 35.5. The van der Waals surface area contributed by atoms with Gasteiger partial charge in [-0.1, -0.05) is 17.7 Å². The number of hydrogen-bond donors (Lipinski definition) is 1. The molecule has 0 aliphatic carbocycles. The van der Waals surface area contributed by atoms with Crippen LogP contribution in [0, 0.1) is 5.82 Å². The van der Waals surface area contributed by atoms with Gasteiger partial charge in [0.15, 0.2) is 11.5 Å². The Hall–Kier alpha value is -1.98. The zero-order chi connectivity index (χ0) is 14.8. The smallest absolute Gasteiger partial charge is 0.231 e. The first-order chi connectivity index (χ1) is 10.2. The molecule has 2 aromatic carbocycles. The summed E-state index contributed by atoms with van der Waals surface area (Å²) in [4.78, 5) is 0. The van der Waals surface area contributed by atoms with Crippen LogP contribution in [0.4, 0.5) is 4.39 Å². The van der Waals surface area contributed by atoms with Crippen molar-refractivity contribution in [1.82, 2.24) is 0 Å². The molecule has 0 atom stereocenters. The molecule has 0 radical (unpaired) electrons. The lowest BCUT2D eigenvalue weighted by atomic mass is 10.2. The molecule has 0 amide bonds. The van der Waals surface area contributed by atoms with Crippen molar-refractivity contribution in [2.75, 3.05) is 6.79 Å². The molecule has 0 bridgehead atoms. The zero-order valence-corrected chi connectivity index (χ0v) is 11.7. The maximum absolute atomic E-state index is 13.7. The molecule has 3 rings (SSSR count). The van der Waals surface area contributed by atoms with E-state index in [0.29, 0.717) is 33.4 Å². The van der Waals surface area contributed by atoms with Crippen LogP contribution < -0.4 is 14.2 Å². The minimum absolute atomic E-state index is 0.0235. The maximum atomic E-state index is 13.7. The molecule has 4 nitrogen and oxygen atoms in total. The van der Waals surface area contributed by atoms with Crippen LogP contribution >= 0.6 is 11.6 Å². The van der Waals surface area contributed by atoms with E-state index in [2.05, 4.69) is 0 Å². The van der Waals surface area contributed by atoms with E-state index in [1.54, 1.807) is 24.3 Å². The number of ether oxygens (including phenoxy) is 3. The summed E-state index contributed by atoms with van der Waals surface area (Å²) < 4.78 is 29.8. The summed E-state index contributed by atoms with van der Waals surface area (Å²) in [5.41, 5.74) is 0.926. The molecule has 2 aromatic rings. The number of rotatable bonds is 4. The normalized spacial score (nSPS) is 12.5. The van der Waals surface area contributed by atoms with Crippen molar-refractivity contribution in [3.8, 4) is 17.2 Å². The predicted octanol–water partition coefficient (Wildman–Crippen LogP) is 3.28. The Morgan fingerprint density at radius 3 is 2.62 bits per heavy atom. The van der Waals surface area contributed by atoms with Crippen molar-refractivity contribution < 1.29 is 23.7 Å². The van der Waals surface area contributed by atoms with Gasteiger partial charge in [-0.15, -0.1) is 0 Å². The first kappa shape index (κ1) is 14.0. The van der Waals surface area contributed by atoms with Crippen LogP contribution in [-0.4, -0.2) is 11.9 Å². The number of halogens is 2. The Morgan fingerprint density at radius 2 is 1.90 bits per heavy atom. The number of aliphatic hydroxyl groups excluding tert-OH is 1. The fraction of sp³-hybridized carbons (Fsp3) is 0.200. The van der Waals surface area contributed by atoms with Crippen molar-refractivity contribution in [3.63, 3.8) is 0 Å². The fourth-order valence-electron chi connectivity index (χ4n) is 2.02. The van der Waals surface area contributed by atoms with Gasteiger partial charge in [-0.3, -0.25) is 0 Å². The maximum Gasteiger partial charge on any atom is 0.231 e. The summed E-state index contributed by atoms with van der Waals surface area (Å²) in [5.74, 6) is 1.09. The first-order valence-corrected chi connectivity index (χ1v) is 6.65. The molecule has 0 saturated heterocycles. The second kappa shape index (κ2) is 5.79. The minimum Gasteiger partial charge on any atom is -0.488 e. The molecule has 0 unspecified atom stereocenters. The van der Waals surface area contributed by atoms with Gasteiger partial charge in [-0.25, -0.2) is 4.39 Å². The van der Waals surface area contributed by atoms with Gasteiger partial charge in [0.25, 0.3) is 0 Å². The third-order valence-corrected chi connectivity index (χ3v) is 3.36. The van der Waals surface area contributed by atoms with E-state index in [9.17, 15) is 9.50 Å². The highest BCUT2D eigenvalue weighted by Crippen LogP contribution is 2.38. The Labute approximate surface area is 125 Å². The Morgan fingerprint density at radius 1 is 1.14 bits per heavy atom. The van der Waals surface area contributed by atoms with Crippen LogP contribution in [0.1, 0.15) is 11.1 Å². The van der Waals surface area contributed by atoms with Crippen LogP contribution in [0.15, 0.2) is 30.3 Å². The standard InChI is InChI=1S/C15H12ClFO4/c16-11-2-1-9(12(17)4-11)7-19-13-5-15-14(20-8-21-15)3-10(13)6-18/h1-5,18H,6-8H2. The third-order valence-electron chi connectivity index (χ3n) is 3.12. The molecule has 1 heterocycles. The molecule has 6 heteroatoms. The molecule has 1 aliphatic rings. The average Bonchev–Trinajstić information content (AvgIpc) is 2.92. The number of fused-ring (bicyclic) bond motifs is 1.